The van der Waals surface area contributed by atoms with Gasteiger partial charge in [-0.3, -0.25) is 4.98 Å². The van der Waals surface area contributed by atoms with Crippen LogP contribution in [-0.2, 0) is 0 Å². The Morgan fingerprint density at radius 1 is 0.560 bits per heavy atom. The van der Waals surface area contributed by atoms with Gasteiger partial charge in [0.1, 0.15) is 6.33 Å². The minimum atomic E-state index is 0.913. The molecule has 3 nitrogen and oxygen atoms in total. The van der Waals surface area contributed by atoms with Gasteiger partial charge in [0.15, 0.2) is 0 Å². The Kier molecular flexibility index (Phi) is 4.05. The first kappa shape index (κ1) is 15.2. The Hall–Kier alpha value is -3.33. The number of hydrogen-bond donors (Lipinski definition) is 0. The van der Waals surface area contributed by atoms with E-state index in [9.17, 15) is 0 Å². The largest absolute Gasteiger partial charge is 0.261 e. The molecule has 0 aliphatic rings. The zero-order valence-corrected chi connectivity index (χ0v) is 13.9. The number of aryl methyl sites for hydroxylation is 1. The van der Waals surface area contributed by atoms with Crippen LogP contribution in [-0.4, -0.2) is 15.0 Å². The molecule has 0 radical (unpaired) electrons. The van der Waals surface area contributed by atoms with Gasteiger partial charge in [0, 0.05) is 28.6 Å². The summed E-state index contributed by atoms with van der Waals surface area (Å²) in [6.07, 6.45) is 3.53. The predicted octanol–water partition coefficient (Wildman–Crippen LogP) is 5.18. The summed E-state index contributed by atoms with van der Waals surface area (Å²) in [6, 6.07) is 24.7. The molecule has 0 N–H and O–H groups in total. The van der Waals surface area contributed by atoms with Crippen LogP contribution in [0.5, 0.6) is 0 Å². The van der Waals surface area contributed by atoms with Gasteiger partial charge in [-0.25, -0.2) is 9.97 Å². The van der Waals surface area contributed by atoms with Crippen molar-refractivity contribution in [2.45, 2.75) is 6.92 Å². The third-order valence-corrected chi connectivity index (χ3v) is 4.14. The van der Waals surface area contributed by atoms with Crippen LogP contribution in [0.2, 0.25) is 0 Å². The van der Waals surface area contributed by atoms with Crippen molar-refractivity contribution in [3.63, 3.8) is 0 Å². The molecule has 0 aliphatic heterocycles. The second-order valence-corrected chi connectivity index (χ2v) is 5.92. The molecule has 0 atom stereocenters. The molecule has 0 fully saturated rings. The van der Waals surface area contributed by atoms with E-state index in [2.05, 4.69) is 57.4 Å². The van der Waals surface area contributed by atoms with Crippen LogP contribution < -0.4 is 0 Å². The molecule has 4 aromatic rings. The van der Waals surface area contributed by atoms with E-state index in [1.165, 1.54) is 0 Å². The zero-order valence-electron chi connectivity index (χ0n) is 13.9. The van der Waals surface area contributed by atoms with Gasteiger partial charge in [-0.2, -0.15) is 0 Å². The standard InChI is InChI=1S/C22H17N3/c1-16-10-11-20(14-23-16)18-8-5-9-19(12-18)22-13-21(24-15-25-22)17-6-3-2-4-7-17/h2-15H,1H3. The molecule has 2 heterocycles. The summed E-state index contributed by atoms with van der Waals surface area (Å²) in [5.41, 5.74) is 7.24. The van der Waals surface area contributed by atoms with Gasteiger partial charge >= 0.3 is 0 Å². The SMILES string of the molecule is Cc1ccc(-c2cccc(-c3cc(-c4ccccc4)ncn3)c2)cn1. The minimum Gasteiger partial charge on any atom is -0.261 e. The minimum absolute atomic E-state index is 0.913. The molecule has 0 aliphatic carbocycles. The highest BCUT2D eigenvalue weighted by Gasteiger charge is 2.06. The van der Waals surface area contributed by atoms with Crippen LogP contribution in [0.3, 0.4) is 0 Å². The number of rotatable bonds is 3. The lowest BCUT2D eigenvalue weighted by Crippen LogP contribution is -1.90. The summed E-state index contributed by atoms with van der Waals surface area (Å²) in [7, 11) is 0. The summed E-state index contributed by atoms with van der Waals surface area (Å²) < 4.78 is 0. The van der Waals surface area contributed by atoms with Crippen LogP contribution in [0.15, 0.2) is 85.3 Å². The second-order valence-electron chi connectivity index (χ2n) is 5.92. The highest BCUT2D eigenvalue weighted by molar-refractivity contribution is 5.73. The number of hydrogen-bond acceptors (Lipinski definition) is 3. The topological polar surface area (TPSA) is 38.7 Å². The van der Waals surface area contributed by atoms with E-state index in [4.69, 9.17) is 0 Å². The monoisotopic (exact) mass is 323 g/mol. The number of aromatic nitrogens is 3. The average molecular weight is 323 g/mol. The van der Waals surface area contributed by atoms with Crippen molar-refractivity contribution in [1.82, 2.24) is 15.0 Å². The molecule has 0 bridgehead atoms. The van der Waals surface area contributed by atoms with Gasteiger partial charge in [-0.15, -0.1) is 0 Å². The van der Waals surface area contributed by atoms with E-state index in [0.717, 1.165) is 39.3 Å². The Morgan fingerprint density at radius 2 is 1.28 bits per heavy atom. The summed E-state index contributed by atoms with van der Waals surface area (Å²) >= 11 is 0. The van der Waals surface area contributed by atoms with Crippen LogP contribution in [0, 0.1) is 6.92 Å². The second kappa shape index (κ2) is 6.65. The fourth-order valence-electron chi connectivity index (χ4n) is 2.78. The Balaban J connectivity index is 1.73. The van der Waals surface area contributed by atoms with Crippen LogP contribution in [0.25, 0.3) is 33.6 Å². The molecule has 0 amide bonds. The maximum atomic E-state index is 4.46. The molecule has 120 valence electrons. The molecule has 0 spiro atoms. The lowest BCUT2D eigenvalue weighted by molar-refractivity contribution is 1.18. The average Bonchev–Trinajstić information content (AvgIpc) is 2.69. The Labute approximate surface area is 147 Å². The van der Waals surface area contributed by atoms with Crippen molar-refractivity contribution in [2.75, 3.05) is 0 Å². The van der Waals surface area contributed by atoms with Crippen molar-refractivity contribution in [1.29, 1.82) is 0 Å². The summed E-state index contributed by atoms with van der Waals surface area (Å²) in [5, 5.41) is 0. The zero-order chi connectivity index (χ0) is 17.1. The lowest BCUT2D eigenvalue weighted by Gasteiger charge is -2.07. The van der Waals surface area contributed by atoms with E-state index in [-0.39, 0.29) is 0 Å². The maximum absolute atomic E-state index is 4.46. The predicted molar refractivity (Wildman–Crippen MR) is 101 cm³/mol. The summed E-state index contributed by atoms with van der Waals surface area (Å²) in [5.74, 6) is 0. The van der Waals surface area contributed by atoms with Crippen molar-refractivity contribution in [2.24, 2.45) is 0 Å². The van der Waals surface area contributed by atoms with E-state index in [1.54, 1.807) is 6.33 Å². The first-order valence-electron chi connectivity index (χ1n) is 8.20. The van der Waals surface area contributed by atoms with Gasteiger partial charge < -0.3 is 0 Å². The molecule has 0 unspecified atom stereocenters. The van der Waals surface area contributed by atoms with Crippen LogP contribution in [0.4, 0.5) is 0 Å². The Bertz CT molecular complexity index is 993. The highest BCUT2D eigenvalue weighted by Crippen LogP contribution is 2.27. The number of pyridine rings is 1. The van der Waals surface area contributed by atoms with Crippen LogP contribution in [0.1, 0.15) is 5.69 Å². The van der Waals surface area contributed by atoms with Crippen LogP contribution >= 0.6 is 0 Å². The fourth-order valence-corrected chi connectivity index (χ4v) is 2.78. The molecule has 0 saturated heterocycles. The third-order valence-electron chi connectivity index (χ3n) is 4.14. The molecule has 0 saturated carbocycles. The molecular formula is C22H17N3. The molecule has 2 aromatic heterocycles. The van der Waals surface area contributed by atoms with E-state index < -0.39 is 0 Å². The highest BCUT2D eigenvalue weighted by atomic mass is 14.8. The molecule has 2 aromatic carbocycles. The molecule has 4 rings (SSSR count). The Morgan fingerprint density at radius 3 is 2.04 bits per heavy atom. The van der Waals surface area contributed by atoms with E-state index in [0.29, 0.717) is 0 Å². The van der Waals surface area contributed by atoms with Crippen molar-refractivity contribution < 1.29 is 0 Å². The summed E-state index contributed by atoms with van der Waals surface area (Å²) in [6.45, 7) is 1.99. The third kappa shape index (κ3) is 3.31. The fraction of sp³-hybridized carbons (Fsp3) is 0.0455. The number of nitrogens with zero attached hydrogens (tertiary/aromatic N) is 3. The van der Waals surface area contributed by atoms with Gasteiger partial charge in [0.25, 0.3) is 0 Å². The molecular weight excluding hydrogens is 306 g/mol. The normalized spacial score (nSPS) is 10.6. The first-order chi connectivity index (χ1) is 12.3. The molecule has 25 heavy (non-hydrogen) atoms. The van der Waals surface area contributed by atoms with Crippen molar-refractivity contribution >= 4 is 0 Å². The van der Waals surface area contributed by atoms with Crippen molar-refractivity contribution in [3.8, 4) is 33.6 Å². The maximum Gasteiger partial charge on any atom is 0.116 e. The van der Waals surface area contributed by atoms with Gasteiger partial charge in [0.2, 0.25) is 0 Å². The molecule has 3 heteroatoms. The first-order valence-corrected chi connectivity index (χ1v) is 8.20. The smallest absolute Gasteiger partial charge is 0.116 e. The lowest BCUT2D eigenvalue weighted by atomic mass is 10.0. The van der Waals surface area contributed by atoms with E-state index >= 15 is 0 Å². The number of benzene rings is 2. The van der Waals surface area contributed by atoms with E-state index in [1.807, 2.05) is 43.5 Å². The quantitative estimate of drug-likeness (QED) is 0.521. The van der Waals surface area contributed by atoms with Gasteiger partial charge in [-0.1, -0.05) is 54.6 Å². The summed E-state index contributed by atoms with van der Waals surface area (Å²) in [4.78, 5) is 13.2. The van der Waals surface area contributed by atoms with Gasteiger partial charge in [0.05, 0.1) is 11.4 Å². The van der Waals surface area contributed by atoms with Gasteiger partial charge in [-0.05, 0) is 30.7 Å². The van der Waals surface area contributed by atoms with Crippen molar-refractivity contribution in [3.05, 3.63) is 91.0 Å².